The van der Waals surface area contributed by atoms with Crippen LogP contribution in [-0.2, 0) is 6.42 Å². The Labute approximate surface area is 115 Å². The highest BCUT2D eigenvalue weighted by molar-refractivity contribution is 5.85. The molecule has 18 heavy (non-hydrogen) atoms. The Hall–Kier alpha value is -0.930. The van der Waals surface area contributed by atoms with Crippen LogP contribution in [0.1, 0.15) is 26.3 Å². The van der Waals surface area contributed by atoms with Gasteiger partial charge in [0.15, 0.2) is 11.5 Å². The van der Waals surface area contributed by atoms with E-state index >= 15 is 0 Å². The lowest BCUT2D eigenvalue weighted by Gasteiger charge is -2.30. The molecule has 0 aromatic heterocycles. The van der Waals surface area contributed by atoms with Gasteiger partial charge in [-0.2, -0.15) is 0 Å². The minimum absolute atomic E-state index is 0. The molecule has 0 saturated heterocycles. The second-order valence-corrected chi connectivity index (χ2v) is 5.60. The zero-order chi connectivity index (χ0) is 12.5. The van der Waals surface area contributed by atoms with Gasteiger partial charge in [-0.1, -0.05) is 26.8 Å². The number of benzene rings is 1. The summed E-state index contributed by atoms with van der Waals surface area (Å²) in [5.74, 6) is 1.72. The monoisotopic (exact) mass is 271 g/mol. The van der Waals surface area contributed by atoms with Crippen molar-refractivity contribution in [2.45, 2.75) is 33.2 Å². The molecule has 1 aliphatic rings. The van der Waals surface area contributed by atoms with Gasteiger partial charge in [-0.05, 0) is 36.6 Å². The predicted molar refractivity (Wildman–Crippen MR) is 75.8 cm³/mol. The van der Waals surface area contributed by atoms with Crippen molar-refractivity contribution in [2.75, 3.05) is 13.8 Å². The lowest BCUT2D eigenvalue weighted by Crippen LogP contribution is -2.39. The maximum Gasteiger partial charge on any atom is 0.231 e. The van der Waals surface area contributed by atoms with Crippen LogP contribution in [0.3, 0.4) is 0 Å². The molecule has 1 heterocycles. The van der Waals surface area contributed by atoms with Crippen molar-refractivity contribution in [3.63, 3.8) is 0 Å². The molecule has 0 aliphatic carbocycles. The van der Waals surface area contributed by atoms with E-state index in [1.807, 2.05) is 13.1 Å². The van der Waals surface area contributed by atoms with Crippen molar-refractivity contribution in [3.05, 3.63) is 23.8 Å². The average molecular weight is 272 g/mol. The Morgan fingerprint density at radius 1 is 1.22 bits per heavy atom. The van der Waals surface area contributed by atoms with Crippen molar-refractivity contribution < 1.29 is 9.47 Å². The van der Waals surface area contributed by atoms with Gasteiger partial charge < -0.3 is 14.8 Å². The first-order valence-corrected chi connectivity index (χ1v) is 6.06. The van der Waals surface area contributed by atoms with Gasteiger partial charge in [0, 0.05) is 6.04 Å². The second kappa shape index (κ2) is 5.81. The van der Waals surface area contributed by atoms with Gasteiger partial charge in [-0.3, -0.25) is 0 Å². The van der Waals surface area contributed by atoms with Crippen LogP contribution in [0.15, 0.2) is 18.2 Å². The lowest BCUT2D eigenvalue weighted by atomic mass is 9.83. The topological polar surface area (TPSA) is 30.5 Å². The van der Waals surface area contributed by atoms with Crippen molar-refractivity contribution >= 4 is 12.4 Å². The van der Waals surface area contributed by atoms with Crippen LogP contribution >= 0.6 is 12.4 Å². The molecule has 2 rings (SSSR count). The summed E-state index contributed by atoms with van der Waals surface area (Å²) < 4.78 is 10.7. The second-order valence-electron chi connectivity index (χ2n) is 5.60. The lowest BCUT2D eigenvalue weighted by molar-refractivity contribution is 0.174. The standard InChI is InChI=1S/C14H21NO2.ClH/c1-14(2,3)13(15-4)8-10-5-6-11-12(7-10)17-9-16-11;/h5-7,13,15H,8-9H2,1-4H3;1H. The van der Waals surface area contributed by atoms with Gasteiger partial charge >= 0.3 is 0 Å². The Kier molecular flexibility index (Phi) is 4.88. The first-order valence-electron chi connectivity index (χ1n) is 6.06. The van der Waals surface area contributed by atoms with E-state index in [-0.39, 0.29) is 17.8 Å². The highest BCUT2D eigenvalue weighted by Gasteiger charge is 2.24. The van der Waals surface area contributed by atoms with E-state index in [0.29, 0.717) is 12.8 Å². The number of hydrogen-bond donors (Lipinski definition) is 1. The van der Waals surface area contributed by atoms with E-state index in [1.165, 1.54) is 5.56 Å². The van der Waals surface area contributed by atoms with Gasteiger partial charge in [0.2, 0.25) is 6.79 Å². The fourth-order valence-electron chi connectivity index (χ4n) is 2.14. The molecular weight excluding hydrogens is 250 g/mol. The third-order valence-corrected chi connectivity index (χ3v) is 3.27. The quantitative estimate of drug-likeness (QED) is 0.917. The first kappa shape index (κ1) is 15.1. The Morgan fingerprint density at radius 3 is 2.50 bits per heavy atom. The van der Waals surface area contributed by atoms with E-state index < -0.39 is 0 Å². The molecule has 3 nitrogen and oxygen atoms in total. The van der Waals surface area contributed by atoms with Crippen LogP contribution in [0.5, 0.6) is 11.5 Å². The van der Waals surface area contributed by atoms with Crippen LogP contribution in [0.2, 0.25) is 0 Å². The summed E-state index contributed by atoms with van der Waals surface area (Å²) in [5.41, 5.74) is 1.52. The van der Waals surface area contributed by atoms with Crippen LogP contribution in [0.4, 0.5) is 0 Å². The number of ether oxygens (including phenoxy) is 2. The Morgan fingerprint density at radius 2 is 1.89 bits per heavy atom. The van der Waals surface area contributed by atoms with Gasteiger partial charge in [-0.25, -0.2) is 0 Å². The smallest absolute Gasteiger partial charge is 0.231 e. The van der Waals surface area contributed by atoms with E-state index in [1.54, 1.807) is 0 Å². The van der Waals surface area contributed by atoms with Gasteiger partial charge in [0.05, 0.1) is 0 Å². The number of likely N-dealkylation sites (N-methyl/N-ethyl adjacent to an activating group) is 1. The summed E-state index contributed by atoms with van der Waals surface area (Å²) in [4.78, 5) is 0. The molecular formula is C14H22ClNO2. The number of rotatable bonds is 3. The van der Waals surface area contributed by atoms with Crippen molar-refractivity contribution in [3.8, 4) is 11.5 Å². The van der Waals surface area contributed by atoms with E-state index in [2.05, 4.69) is 38.2 Å². The van der Waals surface area contributed by atoms with Crippen molar-refractivity contribution in [2.24, 2.45) is 5.41 Å². The Bertz CT molecular complexity index is 401. The van der Waals surface area contributed by atoms with E-state index in [4.69, 9.17) is 9.47 Å². The highest BCUT2D eigenvalue weighted by Crippen LogP contribution is 2.33. The molecule has 1 atom stereocenters. The molecule has 1 aromatic rings. The maximum atomic E-state index is 5.40. The molecule has 4 heteroatoms. The van der Waals surface area contributed by atoms with Crippen LogP contribution in [-0.4, -0.2) is 19.9 Å². The normalized spacial score (nSPS) is 15.1. The van der Waals surface area contributed by atoms with Gasteiger partial charge in [-0.15, -0.1) is 12.4 Å². The SMILES string of the molecule is CNC(Cc1ccc2c(c1)OCO2)C(C)(C)C.Cl. The average Bonchev–Trinajstić information content (AvgIpc) is 2.71. The fourth-order valence-corrected chi connectivity index (χ4v) is 2.14. The van der Waals surface area contributed by atoms with Crippen LogP contribution in [0.25, 0.3) is 0 Å². The fraction of sp³-hybridized carbons (Fsp3) is 0.571. The molecule has 1 aromatic carbocycles. The van der Waals surface area contributed by atoms with Crippen LogP contribution in [0, 0.1) is 5.41 Å². The molecule has 0 amide bonds. The minimum Gasteiger partial charge on any atom is -0.454 e. The number of fused-ring (bicyclic) bond motifs is 1. The number of nitrogens with one attached hydrogen (secondary N) is 1. The molecule has 1 N–H and O–H groups in total. The summed E-state index contributed by atoms with van der Waals surface area (Å²) in [7, 11) is 2.02. The predicted octanol–water partition coefficient (Wildman–Crippen LogP) is 3.01. The van der Waals surface area contributed by atoms with Crippen molar-refractivity contribution in [1.29, 1.82) is 0 Å². The van der Waals surface area contributed by atoms with Crippen molar-refractivity contribution in [1.82, 2.24) is 5.32 Å². The third kappa shape index (κ3) is 3.30. The Balaban J connectivity index is 0.00000162. The summed E-state index contributed by atoms with van der Waals surface area (Å²) in [5, 5.41) is 3.39. The first-order chi connectivity index (χ1) is 8.00. The summed E-state index contributed by atoms with van der Waals surface area (Å²) >= 11 is 0. The summed E-state index contributed by atoms with van der Waals surface area (Å²) in [6, 6.07) is 6.64. The van der Waals surface area contributed by atoms with Crippen LogP contribution < -0.4 is 14.8 Å². The van der Waals surface area contributed by atoms with Gasteiger partial charge in [0.1, 0.15) is 0 Å². The molecule has 0 spiro atoms. The number of halogens is 1. The molecule has 0 radical (unpaired) electrons. The minimum atomic E-state index is 0. The van der Waals surface area contributed by atoms with E-state index in [9.17, 15) is 0 Å². The molecule has 1 aliphatic heterocycles. The number of hydrogen-bond acceptors (Lipinski definition) is 3. The molecule has 0 saturated carbocycles. The molecule has 0 bridgehead atoms. The molecule has 0 fully saturated rings. The maximum absolute atomic E-state index is 5.40. The highest BCUT2D eigenvalue weighted by atomic mass is 35.5. The summed E-state index contributed by atoms with van der Waals surface area (Å²) in [6.45, 7) is 7.09. The van der Waals surface area contributed by atoms with Gasteiger partial charge in [0.25, 0.3) is 0 Å². The molecule has 1 unspecified atom stereocenters. The summed E-state index contributed by atoms with van der Waals surface area (Å²) in [6.07, 6.45) is 0.997. The zero-order valence-electron chi connectivity index (χ0n) is 11.4. The van der Waals surface area contributed by atoms with E-state index in [0.717, 1.165) is 17.9 Å². The molecule has 102 valence electrons. The zero-order valence-corrected chi connectivity index (χ0v) is 12.3. The largest absolute Gasteiger partial charge is 0.454 e. The third-order valence-electron chi connectivity index (χ3n) is 3.27.